The Morgan fingerprint density at radius 2 is 1.00 bits per heavy atom. The van der Waals surface area contributed by atoms with E-state index in [4.69, 9.17) is 29.4 Å². The number of aliphatic hydroxyl groups excluding tert-OH is 2. The molecule has 0 saturated heterocycles. The van der Waals surface area contributed by atoms with Gasteiger partial charge in [0.05, 0.1) is 0 Å². The fourth-order valence-corrected chi connectivity index (χ4v) is 5.51. The molecule has 6 atom stereocenters. The van der Waals surface area contributed by atoms with Crippen molar-refractivity contribution in [2.75, 3.05) is 0 Å². The van der Waals surface area contributed by atoms with Crippen LogP contribution in [-0.4, -0.2) is 85.5 Å². The zero-order valence-corrected chi connectivity index (χ0v) is 18.2. The molecule has 2 unspecified atom stereocenters. The summed E-state index contributed by atoms with van der Waals surface area (Å²) >= 11 is 0. The van der Waals surface area contributed by atoms with Gasteiger partial charge in [0, 0.05) is 0 Å². The third-order valence-electron chi connectivity index (χ3n) is 3.86. The van der Waals surface area contributed by atoms with Crippen molar-refractivity contribution >= 4 is 31.3 Å². The summed E-state index contributed by atoms with van der Waals surface area (Å²) < 4.78 is 62.3. The molecule has 22 heteroatoms. The summed E-state index contributed by atoms with van der Waals surface area (Å²) in [7, 11) is -22.6. The zero-order valence-electron chi connectivity index (χ0n) is 14.6. The number of rotatable bonds is 9. The Morgan fingerprint density at radius 1 is 0.667 bits per heavy atom. The number of aliphatic hydroxyl groups is 2. The van der Waals surface area contributed by atoms with Crippen LogP contribution in [0.15, 0.2) is 0 Å². The van der Waals surface area contributed by atoms with Crippen molar-refractivity contribution in [2.45, 2.75) is 49.5 Å². The summed E-state index contributed by atoms with van der Waals surface area (Å²) in [6, 6.07) is 0. The third-order valence-corrected chi connectivity index (χ3v) is 5.96. The number of phosphoric ester groups is 4. The molecule has 1 fully saturated rings. The van der Waals surface area contributed by atoms with Gasteiger partial charge in [0.1, 0.15) is 36.1 Å². The highest BCUT2D eigenvalue weighted by molar-refractivity contribution is 7.47. The molecule has 30 heavy (non-hydrogen) atoms. The molecule has 1 aliphatic rings. The lowest BCUT2D eigenvalue weighted by atomic mass is 9.73. The lowest BCUT2D eigenvalue weighted by Gasteiger charge is -2.52. The van der Waals surface area contributed by atoms with E-state index in [1.807, 2.05) is 0 Å². The molecule has 180 valence electrons. The van der Waals surface area contributed by atoms with E-state index in [1.54, 1.807) is 0 Å². The molecule has 0 aromatic heterocycles. The standard InChI is InChI=1S/C8H20O18P4/c1-2-8(26-30(20,21)22)6(24-28(14,15)16)3(9)5(23-27(11,12)13)4(10)7(8)25-29(17,18)19/h3-7,9-10H,2H2,1H3,(H2,11,12,13)(H2,14,15,16)(H2,17,18,19)(H2,20,21,22)/t3-,4-,5?,6-,7+,8?/m0/s1. The average molecular weight is 528 g/mol. The molecule has 0 aromatic rings. The van der Waals surface area contributed by atoms with Crippen molar-refractivity contribution in [3.05, 3.63) is 0 Å². The van der Waals surface area contributed by atoms with Crippen molar-refractivity contribution in [3.8, 4) is 0 Å². The van der Waals surface area contributed by atoms with Gasteiger partial charge in [-0.05, 0) is 6.42 Å². The molecule has 0 radical (unpaired) electrons. The Labute approximate surface area is 167 Å². The van der Waals surface area contributed by atoms with Crippen LogP contribution in [0.25, 0.3) is 0 Å². The quantitative estimate of drug-likeness (QED) is 0.137. The molecule has 1 aliphatic carbocycles. The molecule has 1 saturated carbocycles. The first-order valence-corrected chi connectivity index (χ1v) is 13.6. The van der Waals surface area contributed by atoms with Crippen molar-refractivity contribution in [1.82, 2.24) is 0 Å². The molecule has 0 spiro atoms. The van der Waals surface area contributed by atoms with E-state index < -0.39 is 73.8 Å². The first-order valence-electron chi connectivity index (χ1n) is 7.46. The molecular formula is C8H20O18P4. The Hall–Kier alpha value is 0.360. The van der Waals surface area contributed by atoms with E-state index in [9.17, 15) is 38.3 Å². The van der Waals surface area contributed by atoms with Crippen LogP contribution in [0.2, 0.25) is 0 Å². The highest BCUT2D eigenvalue weighted by Gasteiger charge is 2.66. The van der Waals surface area contributed by atoms with Crippen LogP contribution in [0.4, 0.5) is 0 Å². The van der Waals surface area contributed by atoms with Gasteiger partial charge in [0.15, 0.2) is 0 Å². The van der Waals surface area contributed by atoms with Gasteiger partial charge in [-0.25, -0.2) is 18.3 Å². The molecule has 0 aliphatic heterocycles. The monoisotopic (exact) mass is 528 g/mol. The van der Waals surface area contributed by atoms with E-state index in [-0.39, 0.29) is 0 Å². The number of hydrogen-bond donors (Lipinski definition) is 10. The van der Waals surface area contributed by atoms with Crippen molar-refractivity contribution in [1.29, 1.82) is 0 Å². The van der Waals surface area contributed by atoms with E-state index in [0.717, 1.165) is 6.92 Å². The van der Waals surface area contributed by atoms with Crippen LogP contribution in [0.3, 0.4) is 0 Å². The zero-order chi connectivity index (χ0) is 23.9. The van der Waals surface area contributed by atoms with Crippen LogP contribution in [0.5, 0.6) is 0 Å². The Kier molecular flexibility index (Phi) is 8.81. The summed E-state index contributed by atoms with van der Waals surface area (Å²) in [6.07, 6.45) is -14.2. The van der Waals surface area contributed by atoms with Gasteiger partial charge in [-0.1, -0.05) is 6.92 Å². The minimum absolute atomic E-state index is 0.885. The first-order chi connectivity index (χ1) is 13.1. The minimum Gasteiger partial charge on any atom is -0.387 e. The summed E-state index contributed by atoms with van der Waals surface area (Å²) in [4.78, 5) is 72.6. The maximum Gasteiger partial charge on any atom is 0.470 e. The topological polar surface area (TPSA) is 308 Å². The van der Waals surface area contributed by atoms with E-state index in [1.165, 1.54) is 0 Å². The second-order valence-electron chi connectivity index (χ2n) is 5.97. The lowest BCUT2D eigenvalue weighted by molar-refractivity contribution is -0.252. The molecule has 0 heterocycles. The maximum absolute atomic E-state index is 11.5. The smallest absolute Gasteiger partial charge is 0.387 e. The summed E-state index contributed by atoms with van der Waals surface area (Å²) in [5.74, 6) is 0. The number of phosphoric acid groups is 4. The van der Waals surface area contributed by atoms with Crippen LogP contribution < -0.4 is 0 Å². The Bertz CT molecular complexity index is 750. The predicted molar refractivity (Wildman–Crippen MR) is 88.9 cm³/mol. The number of hydrogen-bond acceptors (Lipinski definition) is 10. The van der Waals surface area contributed by atoms with Gasteiger partial charge in [-0.2, -0.15) is 0 Å². The van der Waals surface area contributed by atoms with Crippen LogP contribution in [0.1, 0.15) is 13.3 Å². The van der Waals surface area contributed by atoms with Gasteiger partial charge in [0.25, 0.3) is 0 Å². The van der Waals surface area contributed by atoms with Gasteiger partial charge in [-0.15, -0.1) is 0 Å². The normalized spacial score (nSPS) is 34.2. The van der Waals surface area contributed by atoms with Crippen LogP contribution >= 0.6 is 31.3 Å². The molecule has 0 bridgehead atoms. The lowest BCUT2D eigenvalue weighted by Crippen LogP contribution is -2.72. The van der Waals surface area contributed by atoms with E-state index in [0.29, 0.717) is 0 Å². The van der Waals surface area contributed by atoms with Gasteiger partial charge >= 0.3 is 31.3 Å². The Balaban J connectivity index is 3.77. The van der Waals surface area contributed by atoms with E-state index in [2.05, 4.69) is 18.1 Å². The van der Waals surface area contributed by atoms with Gasteiger partial charge < -0.3 is 49.4 Å². The van der Waals surface area contributed by atoms with Gasteiger partial charge in [-0.3, -0.25) is 18.1 Å². The average Bonchev–Trinajstić information content (AvgIpc) is 2.47. The van der Waals surface area contributed by atoms with Crippen LogP contribution in [0, 0.1) is 0 Å². The van der Waals surface area contributed by atoms with E-state index >= 15 is 0 Å². The van der Waals surface area contributed by atoms with Crippen molar-refractivity contribution in [2.24, 2.45) is 0 Å². The fraction of sp³-hybridized carbons (Fsp3) is 1.00. The fourth-order valence-electron chi connectivity index (χ4n) is 2.96. The molecular weight excluding hydrogens is 508 g/mol. The first kappa shape index (κ1) is 28.4. The highest BCUT2D eigenvalue weighted by Crippen LogP contribution is 2.57. The summed E-state index contributed by atoms with van der Waals surface area (Å²) in [5, 5.41) is 20.7. The molecule has 18 nitrogen and oxygen atoms in total. The maximum atomic E-state index is 11.5. The summed E-state index contributed by atoms with van der Waals surface area (Å²) in [5.41, 5.74) is -3.07. The largest absolute Gasteiger partial charge is 0.470 e. The molecule has 1 rings (SSSR count). The van der Waals surface area contributed by atoms with Crippen LogP contribution in [-0.2, 0) is 36.4 Å². The Morgan fingerprint density at radius 3 is 1.23 bits per heavy atom. The van der Waals surface area contributed by atoms with Crippen molar-refractivity contribution < 1.29 is 85.7 Å². The summed E-state index contributed by atoms with van der Waals surface area (Å²) in [6.45, 7) is 0.978. The third kappa shape index (κ3) is 7.74. The SMILES string of the molecule is CCC1(OP(=O)(O)O)[C@H](OP(=O)(O)O)[C@@H](O)C(OP(=O)(O)O)[C@H](O)[C@@H]1OP(=O)(O)O. The second kappa shape index (κ2) is 9.31. The second-order valence-corrected chi connectivity index (χ2v) is 10.7. The predicted octanol–water partition coefficient (Wildman–Crippen LogP) is -2.59. The molecule has 0 aromatic carbocycles. The van der Waals surface area contributed by atoms with Crippen molar-refractivity contribution in [3.63, 3.8) is 0 Å². The molecule has 10 N–H and O–H groups in total. The molecule has 0 amide bonds. The minimum atomic E-state index is -5.72. The highest BCUT2D eigenvalue weighted by atomic mass is 31.2. The van der Waals surface area contributed by atoms with Gasteiger partial charge in [0.2, 0.25) is 0 Å².